The molecule has 5 aromatic rings. The van der Waals surface area contributed by atoms with Crippen LogP contribution in [0.15, 0.2) is 60.2 Å². The van der Waals surface area contributed by atoms with E-state index in [2.05, 4.69) is 40.8 Å². The number of amides is 4. The third-order valence-corrected chi connectivity index (χ3v) is 16.8. The van der Waals surface area contributed by atoms with Crippen LogP contribution >= 0.6 is 34.3 Å². The van der Waals surface area contributed by atoms with Crippen molar-refractivity contribution < 1.29 is 29.1 Å². The Bertz CT molecular complexity index is 2770. The second-order valence-electron chi connectivity index (χ2n) is 21.7. The van der Waals surface area contributed by atoms with Crippen LogP contribution in [0.4, 0.5) is 22.5 Å². The van der Waals surface area contributed by atoms with Crippen molar-refractivity contribution in [3.63, 3.8) is 0 Å². The number of hydrogen-bond donors (Lipinski definition) is 4. The van der Waals surface area contributed by atoms with Crippen molar-refractivity contribution in [2.75, 3.05) is 48.3 Å². The lowest BCUT2D eigenvalue weighted by atomic mass is 9.76. The molecule has 0 aliphatic carbocycles. The van der Waals surface area contributed by atoms with Crippen LogP contribution in [0.2, 0.25) is 5.02 Å². The Morgan fingerprint density at radius 1 is 0.831 bits per heavy atom. The number of halogens is 1. The van der Waals surface area contributed by atoms with E-state index in [0.717, 1.165) is 84.4 Å². The number of likely N-dealkylation sites (tertiary alicyclic amines) is 1. The predicted molar refractivity (Wildman–Crippen MR) is 308 cm³/mol. The number of aryl methyl sites for hydroxylation is 3. The SMILES string of the molecule is Cc1nc(Nc2ncc(C(=O)Nc3c(C)cccc3Cl)s2)cc(N2CCN(C(=O)CCCCCCCCCCCCCC(=O)C[C@H](C(=O)N3C[C@H](O)C[C@H]3C(=O)NCc3ccc(-c4scnc4C)cc3)C(C)(C)C)CC2)n1. The largest absolute Gasteiger partial charge is 0.391 e. The number of aliphatic hydroxyl groups is 1. The lowest BCUT2D eigenvalue weighted by molar-refractivity contribution is -0.146. The molecule has 19 heteroatoms. The van der Waals surface area contributed by atoms with Crippen molar-refractivity contribution in [2.45, 2.75) is 157 Å². The number of aromatic nitrogens is 4. The maximum Gasteiger partial charge on any atom is 0.267 e. The molecule has 3 aromatic heterocycles. The minimum atomic E-state index is -0.803. The Kier molecular flexibility index (Phi) is 21.5. The second kappa shape index (κ2) is 28.2. The zero-order chi connectivity index (χ0) is 55.1. The zero-order valence-electron chi connectivity index (χ0n) is 45.7. The van der Waals surface area contributed by atoms with Crippen molar-refractivity contribution in [3.8, 4) is 10.4 Å². The van der Waals surface area contributed by atoms with Crippen LogP contribution in [0, 0.1) is 32.1 Å². The van der Waals surface area contributed by atoms with Gasteiger partial charge >= 0.3 is 0 Å². The quantitative estimate of drug-likeness (QED) is 0.0382. The first-order valence-corrected chi connectivity index (χ1v) is 29.5. The van der Waals surface area contributed by atoms with Gasteiger partial charge < -0.3 is 35.8 Å². The minimum absolute atomic E-state index is 0.0668. The molecule has 2 saturated heterocycles. The van der Waals surface area contributed by atoms with Gasteiger partial charge in [0.25, 0.3) is 5.91 Å². The highest BCUT2D eigenvalue weighted by Gasteiger charge is 2.44. The third-order valence-electron chi connectivity index (χ3n) is 14.6. The molecular weight excluding hydrogens is 1030 g/mol. The van der Waals surface area contributed by atoms with Crippen molar-refractivity contribution in [3.05, 3.63) is 92.8 Å². The van der Waals surface area contributed by atoms with E-state index in [0.29, 0.717) is 77.9 Å². The van der Waals surface area contributed by atoms with E-state index in [-0.39, 0.29) is 48.8 Å². The molecule has 0 radical (unpaired) electrons. The summed E-state index contributed by atoms with van der Waals surface area (Å²) >= 11 is 9.12. The summed E-state index contributed by atoms with van der Waals surface area (Å²) in [6.45, 7) is 14.6. The molecule has 2 aromatic carbocycles. The molecule has 2 aliphatic rings. The fourth-order valence-electron chi connectivity index (χ4n) is 10.1. The monoisotopic (exact) mass is 1110 g/mol. The average molecular weight is 1110 g/mol. The maximum absolute atomic E-state index is 14.1. The molecule has 2 aliphatic heterocycles. The van der Waals surface area contributed by atoms with Gasteiger partial charge in [-0.3, -0.25) is 24.0 Å². The van der Waals surface area contributed by atoms with E-state index in [1.165, 1.54) is 41.7 Å². The fraction of sp³-hybridized carbons (Fsp3) is 0.534. The van der Waals surface area contributed by atoms with Crippen molar-refractivity contribution >= 4 is 86.1 Å². The normalized spacial score (nSPS) is 16.1. The van der Waals surface area contributed by atoms with Crippen LogP contribution in [0.25, 0.3) is 10.4 Å². The number of Topliss-reactive ketones (excluding diaryl/α,β-unsaturated/α-hetero) is 1. The van der Waals surface area contributed by atoms with Gasteiger partial charge in [0.1, 0.15) is 34.2 Å². The van der Waals surface area contributed by atoms with Crippen molar-refractivity contribution in [1.29, 1.82) is 0 Å². The predicted octanol–water partition coefficient (Wildman–Crippen LogP) is 11.3. The van der Waals surface area contributed by atoms with Gasteiger partial charge in [-0.15, -0.1) is 11.3 Å². The average Bonchev–Trinajstić information content (AvgIpc) is 4.18. The number of rotatable bonds is 26. The number of hydrogen-bond acceptors (Lipinski definition) is 14. The Morgan fingerprint density at radius 3 is 2.13 bits per heavy atom. The van der Waals surface area contributed by atoms with Crippen LogP contribution in [0.3, 0.4) is 0 Å². The first-order valence-electron chi connectivity index (χ1n) is 27.4. The summed E-state index contributed by atoms with van der Waals surface area (Å²) in [5.74, 6) is 0.796. The molecule has 0 bridgehead atoms. The number of nitrogens with one attached hydrogen (secondary N) is 3. The van der Waals surface area contributed by atoms with Gasteiger partial charge in [-0.05, 0) is 61.8 Å². The molecule has 3 atom stereocenters. The van der Waals surface area contributed by atoms with E-state index in [1.807, 2.05) is 94.4 Å². The standard InChI is InChI=1S/C58H77ClN10O6S2/c1-38-19-18-21-46(59)52(38)66-55(74)48-35-61-57(77-48)65-49-33-50(64-40(3)63-49)67-27-29-68(30-28-67)51(72)22-17-15-13-11-9-7-8-10-12-14-16-20-43(70)31-45(58(4,5)6)56(75)69-36-44(71)32-47(69)54(73)60-34-41-23-25-42(26-24-41)53-39(2)62-37-76-53/h18-19,21,23-26,33,35,37,44-45,47,71H,7-17,20,22,27-32,34,36H2,1-6H3,(H,60,73)(H,66,74)(H,61,63,64,65)/t44-,45-,47+/m1/s1. The molecule has 5 heterocycles. The summed E-state index contributed by atoms with van der Waals surface area (Å²) in [5, 5.41) is 20.7. The lowest BCUT2D eigenvalue weighted by Gasteiger charge is -2.35. The Morgan fingerprint density at radius 2 is 1.49 bits per heavy atom. The third kappa shape index (κ3) is 17.1. The summed E-state index contributed by atoms with van der Waals surface area (Å²) < 4.78 is 0. The number of thiazole rings is 2. The molecule has 414 valence electrons. The first-order chi connectivity index (χ1) is 36.9. The zero-order valence-corrected chi connectivity index (χ0v) is 48.1. The van der Waals surface area contributed by atoms with Gasteiger partial charge in [0.15, 0.2) is 5.13 Å². The van der Waals surface area contributed by atoms with Gasteiger partial charge in [-0.25, -0.2) is 19.9 Å². The van der Waals surface area contributed by atoms with Gasteiger partial charge in [0, 0.05) is 76.9 Å². The summed E-state index contributed by atoms with van der Waals surface area (Å²) in [5.41, 5.74) is 5.76. The molecule has 0 saturated carbocycles. The van der Waals surface area contributed by atoms with E-state index >= 15 is 0 Å². The van der Waals surface area contributed by atoms with Crippen molar-refractivity contribution in [1.82, 2.24) is 35.1 Å². The number of β-amino-alcohol motifs (C(OH)–C–C–N with tert-alkyl or cyclic N) is 1. The highest BCUT2D eigenvalue weighted by Crippen LogP contribution is 2.35. The summed E-state index contributed by atoms with van der Waals surface area (Å²) in [4.78, 5) is 92.1. The van der Waals surface area contributed by atoms with E-state index in [9.17, 15) is 29.1 Å². The molecule has 16 nitrogen and oxygen atoms in total. The highest BCUT2D eigenvalue weighted by molar-refractivity contribution is 7.17. The van der Waals surface area contributed by atoms with Gasteiger partial charge in [0.2, 0.25) is 17.7 Å². The van der Waals surface area contributed by atoms with E-state index < -0.39 is 23.5 Å². The molecular formula is C58H77ClN10O6S2. The van der Waals surface area contributed by atoms with Crippen LogP contribution in [0.5, 0.6) is 0 Å². The number of anilines is 4. The number of carbonyl (C=O) groups excluding carboxylic acids is 5. The Labute approximate surface area is 467 Å². The van der Waals surface area contributed by atoms with Crippen LogP contribution in [-0.2, 0) is 25.7 Å². The molecule has 7 rings (SSSR count). The molecule has 0 unspecified atom stereocenters. The van der Waals surface area contributed by atoms with Gasteiger partial charge in [0.05, 0.1) is 39.1 Å². The minimum Gasteiger partial charge on any atom is -0.391 e. The van der Waals surface area contributed by atoms with E-state index in [4.69, 9.17) is 11.6 Å². The number of piperazine rings is 1. The first kappa shape index (κ1) is 58.9. The maximum atomic E-state index is 14.1. The van der Waals surface area contributed by atoms with Crippen LogP contribution < -0.4 is 20.9 Å². The van der Waals surface area contributed by atoms with E-state index in [1.54, 1.807) is 17.4 Å². The number of benzene rings is 2. The molecule has 4 amide bonds. The van der Waals surface area contributed by atoms with Gasteiger partial charge in [-0.2, -0.15) is 0 Å². The number of para-hydroxylation sites is 1. The molecule has 0 spiro atoms. The number of unbranched alkanes of at least 4 members (excludes halogenated alkanes) is 10. The molecule has 4 N–H and O–H groups in total. The topological polar surface area (TPSA) is 203 Å². The Hall–Kier alpha value is -5.82. The number of aliphatic hydroxyl groups excluding tert-OH is 1. The number of ketones is 1. The Balaban J connectivity index is 0.713. The summed E-state index contributed by atoms with van der Waals surface area (Å²) in [6.07, 6.45) is 13.7. The van der Waals surface area contributed by atoms with Crippen LogP contribution in [-0.4, -0.2) is 109 Å². The highest BCUT2D eigenvalue weighted by atomic mass is 35.5. The lowest BCUT2D eigenvalue weighted by Crippen LogP contribution is -2.50. The summed E-state index contributed by atoms with van der Waals surface area (Å²) in [7, 11) is 0. The smallest absolute Gasteiger partial charge is 0.267 e. The fourth-order valence-corrected chi connectivity index (χ4v) is 11.9. The molecule has 77 heavy (non-hydrogen) atoms. The summed E-state index contributed by atoms with van der Waals surface area (Å²) in [6, 6.07) is 14.5. The number of nitrogens with zero attached hydrogens (tertiary/aromatic N) is 7. The second-order valence-corrected chi connectivity index (χ2v) is 24.0. The van der Waals surface area contributed by atoms with Crippen LogP contribution in [0.1, 0.15) is 149 Å². The van der Waals surface area contributed by atoms with Gasteiger partial charge in [-0.1, -0.05) is 138 Å². The molecule has 2 fully saturated rings. The number of carbonyl (C=O) groups is 5. The van der Waals surface area contributed by atoms with Crippen molar-refractivity contribution in [2.24, 2.45) is 11.3 Å².